The van der Waals surface area contributed by atoms with Crippen molar-refractivity contribution in [2.45, 2.75) is 58.9 Å². The molecule has 1 aliphatic carbocycles. The fraction of sp³-hybridized carbons (Fsp3) is 0.345. The highest BCUT2D eigenvalue weighted by atomic mass is 16.5. The first-order valence-electron chi connectivity index (χ1n) is 12.7. The Morgan fingerprint density at radius 2 is 1.95 bits per heavy atom. The first-order chi connectivity index (χ1) is 18.1. The van der Waals surface area contributed by atoms with E-state index >= 15 is 0 Å². The standard InChI is InChI=1S/C29H33N7O2/c1-17-8-9-19(28(37)32-23-14-20(29(3,4)5)13-22(30-6)27(23)38-7)12-25(17)35-16-24(33-34-35)26-15-31-18(2)36(26)21-10-11-21/h8-9,12-16,21H,6,10-11H2,1-5,7H3,(H,32,37). The van der Waals surface area contributed by atoms with Gasteiger partial charge in [-0.2, -0.15) is 0 Å². The molecule has 9 nitrogen and oxygen atoms in total. The molecule has 2 aromatic heterocycles. The molecule has 0 spiro atoms. The molecule has 2 heterocycles. The minimum absolute atomic E-state index is 0.152. The smallest absolute Gasteiger partial charge is 0.255 e. The number of methoxy groups -OCH3 is 1. The topological polar surface area (TPSA) is 99.2 Å². The molecule has 4 aromatic rings. The molecular formula is C29H33N7O2. The van der Waals surface area contributed by atoms with E-state index in [0.717, 1.165) is 46.9 Å². The molecule has 196 valence electrons. The Morgan fingerprint density at radius 3 is 2.61 bits per heavy atom. The van der Waals surface area contributed by atoms with Gasteiger partial charge in [0, 0.05) is 11.6 Å². The van der Waals surface area contributed by atoms with E-state index in [1.165, 1.54) is 0 Å². The van der Waals surface area contributed by atoms with E-state index in [9.17, 15) is 4.79 Å². The van der Waals surface area contributed by atoms with Gasteiger partial charge in [0.15, 0.2) is 5.75 Å². The number of amides is 1. The van der Waals surface area contributed by atoms with Gasteiger partial charge in [-0.1, -0.05) is 32.1 Å². The van der Waals surface area contributed by atoms with E-state index in [1.54, 1.807) is 17.9 Å². The van der Waals surface area contributed by atoms with Crippen LogP contribution in [0.3, 0.4) is 0 Å². The Kier molecular flexibility index (Phi) is 6.38. The molecule has 1 fully saturated rings. The Balaban J connectivity index is 1.47. The molecule has 0 atom stereocenters. The predicted octanol–water partition coefficient (Wildman–Crippen LogP) is 5.97. The number of hydrogen-bond donors (Lipinski definition) is 1. The van der Waals surface area contributed by atoms with Gasteiger partial charge in [0.1, 0.15) is 17.2 Å². The third kappa shape index (κ3) is 4.71. The maximum Gasteiger partial charge on any atom is 0.255 e. The number of aliphatic imine (C=N–C) groups is 1. The molecule has 0 unspecified atom stereocenters. The van der Waals surface area contributed by atoms with Crippen molar-refractivity contribution < 1.29 is 9.53 Å². The van der Waals surface area contributed by atoms with Crippen LogP contribution in [-0.4, -0.2) is 44.3 Å². The largest absolute Gasteiger partial charge is 0.492 e. The van der Waals surface area contributed by atoms with Gasteiger partial charge >= 0.3 is 0 Å². The zero-order valence-corrected chi connectivity index (χ0v) is 22.7. The Hall–Kier alpha value is -4.27. The van der Waals surface area contributed by atoms with E-state index in [4.69, 9.17) is 4.74 Å². The van der Waals surface area contributed by atoms with E-state index in [0.29, 0.717) is 28.7 Å². The third-order valence-electron chi connectivity index (χ3n) is 6.93. The number of aryl methyl sites for hydroxylation is 2. The van der Waals surface area contributed by atoms with Gasteiger partial charge in [0.25, 0.3) is 5.91 Å². The highest BCUT2D eigenvalue weighted by Crippen LogP contribution is 2.41. The van der Waals surface area contributed by atoms with Crippen LogP contribution in [0, 0.1) is 13.8 Å². The molecule has 0 radical (unpaired) electrons. The second-order valence-electron chi connectivity index (χ2n) is 10.8. The molecule has 5 rings (SSSR count). The van der Waals surface area contributed by atoms with Crippen molar-refractivity contribution in [2.75, 3.05) is 12.4 Å². The van der Waals surface area contributed by atoms with Crippen molar-refractivity contribution >= 4 is 24.0 Å². The van der Waals surface area contributed by atoms with Crippen LogP contribution >= 0.6 is 0 Å². The summed E-state index contributed by atoms with van der Waals surface area (Å²) in [6.45, 7) is 14.0. The Labute approximate surface area is 222 Å². The van der Waals surface area contributed by atoms with Crippen molar-refractivity contribution in [3.05, 3.63) is 65.2 Å². The zero-order valence-electron chi connectivity index (χ0n) is 22.7. The molecular weight excluding hydrogens is 478 g/mol. The van der Waals surface area contributed by atoms with Crippen molar-refractivity contribution in [1.82, 2.24) is 24.5 Å². The van der Waals surface area contributed by atoms with E-state index in [2.05, 4.69) is 57.7 Å². The molecule has 0 aliphatic heterocycles. The molecule has 1 aliphatic rings. The molecule has 9 heteroatoms. The van der Waals surface area contributed by atoms with Crippen LogP contribution < -0.4 is 10.1 Å². The Bertz CT molecular complexity index is 1540. The molecule has 0 bridgehead atoms. The minimum atomic E-state index is -0.270. The van der Waals surface area contributed by atoms with Crippen LogP contribution in [0.15, 0.2) is 47.7 Å². The summed E-state index contributed by atoms with van der Waals surface area (Å²) in [5, 5.41) is 11.8. The predicted molar refractivity (Wildman–Crippen MR) is 149 cm³/mol. The van der Waals surface area contributed by atoms with E-state index in [1.807, 2.05) is 50.5 Å². The fourth-order valence-corrected chi connectivity index (χ4v) is 4.60. The zero-order chi connectivity index (χ0) is 27.2. The van der Waals surface area contributed by atoms with Gasteiger partial charge in [0.05, 0.1) is 36.6 Å². The van der Waals surface area contributed by atoms with Crippen LogP contribution in [0.4, 0.5) is 11.4 Å². The summed E-state index contributed by atoms with van der Waals surface area (Å²) in [6.07, 6.45) is 6.05. The monoisotopic (exact) mass is 511 g/mol. The number of hydrogen-bond acceptors (Lipinski definition) is 6. The average molecular weight is 512 g/mol. The summed E-state index contributed by atoms with van der Waals surface area (Å²) in [5.74, 6) is 1.18. The van der Waals surface area contributed by atoms with Crippen LogP contribution in [0.25, 0.3) is 17.1 Å². The maximum atomic E-state index is 13.4. The highest BCUT2D eigenvalue weighted by molar-refractivity contribution is 6.06. The molecule has 2 aromatic carbocycles. The van der Waals surface area contributed by atoms with Crippen LogP contribution in [-0.2, 0) is 5.41 Å². The number of nitrogens with one attached hydrogen (secondary N) is 1. The maximum absolute atomic E-state index is 13.4. The number of benzene rings is 2. The van der Waals surface area contributed by atoms with Crippen LogP contribution in [0.2, 0.25) is 0 Å². The minimum Gasteiger partial charge on any atom is -0.492 e. The second-order valence-corrected chi connectivity index (χ2v) is 10.8. The number of ether oxygens (including phenoxy) is 1. The molecule has 1 N–H and O–H groups in total. The lowest BCUT2D eigenvalue weighted by Gasteiger charge is -2.22. The summed E-state index contributed by atoms with van der Waals surface area (Å²) >= 11 is 0. The molecule has 38 heavy (non-hydrogen) atoms. The summed E-state index contributed by atoms with van der Waals surface area (Å²) in [6, 6.07) is 9.87. The first kappa shape index (κ1) is 25.4. The van der Waals surface area contributed by atoms with Crippen LogP contribution in [0.5, 0.6) is 5.75 Å². The summed E-state index contributed by atoms with van der Waals surface area (Å²) < 4.78 is 9.53. The van der Waals surface area contributed by atoms with E-state index < -0.39 is 0 Å². The lowest BCUT2D eigenvalue weighted by atomic mass is 9.86. The summed E-state index contributed by atoms with van der Waals surface area (Å²) in [7, 11) is 1.55. The molecule has 0 saturated heterocycles. The summed E-state index contributed by atoms with van der Waals surface area (Å²) in [5.41, 5.74) is 5.91. The first-order valence-corrected chi connectivity index (χ1v) is 12.7. The summed E-state index contributed by atoms with van der Waals surface area (Å²) in [4.78, 5) is 22.0. The highest BCUT2D eigenvalue weighted by Gasteiger charge is 2.28. The van der Waals surface area contributed by atoms with Gasteiger partial charge in [-0.25, -0.2) is 9.67 Å². The quantitative estimate of drug-likeness (QED) is 0.308. The fourth-order valence-electron chi connectivity index (χ4n) is 4.60. The number of nitrogens with zero attached hydrogens (tertiary/aromatic N) is 6. The third-order valence-corrected chi connectivity index (χ3v) is 6.93. The van der Waals surface area contributed by atoms with Gasteiger partial charge in [-0.05, 0) is 74.2 Å². The lowest BCUT2D eigenvalue weighted by molar-refractivity contribution is 0.102. The number of carbonyl (C=O) groups excluding carboxylic acids is 1. The Morgan fingerprint density at radius 1 is 1.18 bits per heavy atom. The number of anilines is 1. The van der Waals surface area contributed by atoms with Crippen molar-refractivity contribution in [2.24, 2.45) is 4.99 Å². The van der Waals surface area contributed by atoms with Crippen molar-refractivity contribution in [1.29, 1.82) is 0 Å². The van der Waals surface area contributed by atoms with E-state index in [-0.39, 0.29) is 11.3 Å². The van der Waals surface area contributed by atoms with Gasteiger partial charge in [-0.15, -0.1) is 5.10 Å². The van der Waals surface area contributed by atoms with Gasteiger partial charge in [0.2, 0.25) is 0 Å². The van der Waals surface area contributed by atoms with Crippen LogP contribution in [0.1, 0.15) is 67.0 Å². The average Bonchev–Trinajstić information content (AvgIpc) is 3.46. The number of aromatic nitrogens is 5. The second kappa shape index (κ2) is 9.55. The number of rotatable bonds is 7. The molecule has 1 amide bonds. The molecule has 1 saturated carbocycles. The van der Waals surface area contributed by atoms with Crippen molar-refractivity contribution in [3.8, 4) is 22.8 Å². The normalized spacial score (nSPS) is 13.4. The van der Waals surface area contributed by atoms with Gasteiger partial charge < -0.3 is 14.6 Å². The number of imidazole rings is 1. The van der Waals surface area contributed by atoms with Gasteiger partial charge in [-0.3, -0.25) is 9.79 Å². The van der Waals surface area contributed by atoms with Crippen molar-refractivity contribution in [3.63, 3.8) is 0 Å². The lowest BCUT2D eigenvalue weighted by Crippen LogP contribution is -2.16. The SMILES string of the molecule is C=Nc1cc(C(C)(C)C)cc(NC(=O)c2ccc(C)c(-n3cc(-c4cnc(C)n4C4CC4)nn3)c2)c1OC. The number of carbonyl (C=O) groups is 1.